The average Bonchev–Trinajstić information content (AvgIpc) is 0.814. The second-order valence-corrected chi connectivity index (χ2v) is 27.1. The number of carbonyl (C=O) groups excluding carboxylic acids is 9. The van der Waals surface area contributed by atoms with Crippen LogP contribution in [0.1, 0.15) is 165 Å². The lowest BCUT2D eigenvalue weighted by Crippen LogP contribution is -2.59. The zero-order valence-corrected chi connectivity index (χ0v) is 56.4. The number of esters is 1. The minimum Gasteiger partial charge on any atom is -0.493 e. The van der Waals surface area contributed by atoms with Crippen LogP contribution in [0.3, 0.4) is 0 Å². The molecule has 516 valence electrons. The van der Waals surface area contributed by atoms with Crippen LogP contribution in [0.25, 0.3) is 0 Å². The zero-order chi connectivity index (χ0) is 68.8. The summed E-state index contributed by atoms with van der Waals surface area (Å²) in [6.07, 6.45) is 5.38. The van der Waals surface area contributed by atoms with Crippen LogP contribution in [0, 0.1) is 22.7 Å². The summed E-state index contributed by atoms with van der Waals surface area (Å²) in [6, 6.07) is 22.4. The van der Waals surface area contributed by atoms with Gasteiger partial charge in [-0.3, -0.25) is 43.8 Å². The highest BCUT2D eigenvalue weighted by atomic mass is 16.6. The summed E-state index contributed by atoms with van der Waals surface area (Å²) in [5.74, 6) is -2.23. The minimum atomic E-state index is -1.49. The van der Waals surface area contributed by atoms with Crippen molar-refractivity contribution in [2.75, 3.05) is 58.9 Å². The van der Waals surface area contributed by atoms with Crippen molar-refractivity contribution >= 4 is 59.0 Å². The van der Waals surface area contributed by atoms with E-state index < -0.39 is 83.6 Å². The lowest BCUT2D eigenvalue weighted by Gasteiger charge is -2.47. The number of amides is 6. The number of β-amino-alcohol motifs (C(OH)–C–C–N with tert-alkyl or cyclic N) is 1. The van der Waals surface area contributed by atoms with Crippen LogP contribution in [-0.4, -0.2) is 157 Å². The topological polar surface area (TPSA) is 314 Å². The number of hydrogen-bond acceptors (Lipinski definition) is 17. The van der Waals surface area contributed by atoms with E-state index in [1.807, 2.05) is 76.2 Å². The standard InChI is InChI=1S/C72H98N8O15/c1-9-72(5,6)65(85)68(88)80-35-16-15-27-55(80)69(89)95-59(32-30-47-31-33-60(91-7)61(39-47)92-8)49-24-17-25-51(40-49)93-37-34-74-64(84)29-19-36-94-70(90)78-63-28-18-26-52(75-63)66(86)77-54(42-62(73)83)67(87)76-53(38-46-20-11-10-12-21-46)58(82)45-79-44-50-23-14-13-22-48(50)41-56(79)57(81)43-71(2,3)4/h10-12,17-18,20-21,24-26,28,31,33,39-40,48,50,53-56,58-59,82H,9,13-16,19,22-23,27,29-30,32,34-38,41-45H2,1-8H3,(H2,73,83)(H,74,84)(H,76,87)(H,77,86)(H,75,78,90)/t48-,50+,53+,54+,55-,56-,58+,59+/m0/s1. The highest BCUT2D eigenvalue weighted by Crippen LogP contribution is 2.40. The minimum absolute atomic E-state index is 0.00270. The van der Waals surface area contributed by atoms with Crippen molar-refractivity contribution < 1.29 is 71.9 Å². The lowest BCUT2D eigenvalue weighted by atomic mass is 9.71. The first kappa shape index (κ1) is 74.0. The molecule has 3 aliphatic rings. The molecule has 1 aliphatic carbocycles. The van der Waals surface area contributed by atoms with Crippen molar-refractivity contribution in [2.24, 2.45) is 28.4 Å². The van der Waals surface area contributed by atoms with Crippen LogP contribution in [0.2, 0.25) is 0 Å². The van der Waals surface area contributed by atoms with Crippen molar-refractivity contribution in [3.8, 4) is 17.2 Å². The summed E-state index contributed by atoms with van der Waals surface area (Å²) in [5.41, 5.74) is 6.64. The third-order valence-corrected chi connectivity index (χ3v) is 18.2. The summed E-state index contributed by atoms with van der Waals surface area (Å²) >= 11 is 0. The smallest absolute Gasteiger partial charge is 0.412 e. The van der Waals surface area contributed by atoms with E-state index in [1.54, 1.807) is 52.3 Å². The number of nitrogens with one attached hydrogen (secondary N) is 4. The second kappa shape index (κ2) is 35.3. The maximum absolute atomic E-state index is 14.2. The third-order valence-electron chi connectivity index (χ3n) is 18.2. The summed E-state index contributed by atoms with van der Waals surface area (Å²) in [4.78, 5) is 129. The number of ketones is 2. The largest absolute Gasteiger partial charge is 0.493 e. The number of benzene rings is 3. The third kappa shape index (κ3) is 22.3. The van der Waals surface area contributed by atoms with Crippen molar-refractivity contribution in [1.82, 2.24) is 30.7 Å². The predicted octanol–water partition coefficient (Wildman–Crippen LogP) is 8.17. The molecular formula is C72H98N8O15. The number of pyridine rings is 1. The number of aromatic nitrogens is 1. The van der Waals surface area contributed by atoms with Gasteiger partial charge in [-0.2, -0.15) is 0 Å². The van der Waals surface area contributed by atoms with Crippen LogP contribution in [0.15, 0.2) is 91.0 Å². The number of primary amides is 1. The second-order valence-electron chi connectivity index (χ2n) is 27.1. The number of rotatable bonds is 33. The molecule has 1 saturated carbocycles. The van der Waals surface area contributed by atoms with Gasteiger partial charge in [-0.25, -0.2) is 14.6 Å². The summed E-state index contributed by atoms with van der Waals surface area (Å²) < 4.78 is 28.6. The molecule has 7 N–H and O–H groups in total. The van der Waals surface area contributed by atoms with Crippen LogP contribution in [0.5, 0.6) is 17.2 Å². The number of nitrogens with zero attached hydrogens (tertiary/aromatic N) is 3. The Bertz CT molecular complexity index is 3280. The molecule has 0 radical (unpaired) electrons. The number of carbonyl (C=O) groups is 9. The highest BCUT2D eigenvalue weighted by molar-refractivity contribution is 6.38. The van der Waals surface area contributed by atoms with Crippen molar-refractivity contribution in [3.63, 3.8) is 0 Å². The molecule has 7 rings (SSSR count). The van der Waals surface area contributed by atoms with Gasteiger partial charge in [0.1, 0.15) is 47.8 Å². The van der Waals surface area contributed by atoms with E-state index in [1.165, 1.54) is 23.1 Å². The molecule has 8 atom stereocenters. The normalized spacial score (nSPS) is 18.6. The zero-order valence-electron chi connectivity index (χ0n) is 56.4. The van der Waals surface area contributed by atoms with Gasteiger partial charge in [0.25, 0.3) is 11.8 Å². The Morgan fingerprint density at radius 1 is 0.779 bits per heavy atom. The Kier molecular flexibility index (Phi) is 27.5. The fraction of sp³-hybridized carbons (Fsp3) is 0.556. The molecular weight excluding hydrogens is 1220 g/mol. The first-order valence-electron chi connectivity index (χ1n) is 33.4. The Balaban J connectivity index is 0.888. The molecule has 6 amide bonds. The van der Waals surface area contributed by atoms with Crippen molar-refractivity contribution in [3.05, 3.63) is 113 Å². The van der Waals surface area contributed by atoms with E-state index >= 15 is 0 Å². The number of aliphatic hydroxyl groups excluding tert-OH is 1. The monoisotopic (exact) mass is 1310 g/mol. The first-order valence-corrected chi connectivity index (χ1v) is 33.4. The summed E-state index contributed by atoms with van der Waals surface area (Å²) in [6.45, 7) is 12.5. The quantitative estimate of drug-likeness (QED) is 0.0149. The molecule has 2 aliphatic heterocycles. The van der Waals surface area contributed by atoms with Gasteiger partial charge in [0.15, 0.2) is 11.5 Å². The molecule has 2 saturated heterocycles. The molecule has 23 nitrogen and oxygen atoms in total. The molecule has 3 heterocycles. The number of likely N-dealkylation sites (tertiary alicyclic amines) is 2. The first-order chi connectivity index (χ1) is 45.3. The number of aryl methyl sites for hydroxylation is 1. The summed E-state index contributed by atoms with van der Waals surface area (Å²) in [5, 5.41) is 22.8. The van der Waals surface area contributed by atoms with E-state index in [0.29, 0.717) is 86.1 Å². The number of hydrogen-bond donors (Lipinski definition) is 6. The highest BCUT2D eigenvalue weighted by Gasteiger charge is 2.44. The molecule has 95 heavy (non-hydrogen) atoms. The number of fused-ring (bicyclic) bond motifs is 1. The predicted molar refractivity (Wildman–Crippen MR) is 356 cm³/mol. The fourth-order valence-electron chi connectivity index (χ4n) is 12.6. The van der Waals surface area contributed by atoms with Crippen molar-refractivity contribution in [1.29, 1.82) is 0 Å². The molecule has 3 aromatic carbocycles. The maximum Gasteiger partial charge on any atom is 0.412 e. The fourth-order valence-corrected chi connectivity index (χ4v) is 12.6. The number of anilines is 1. The Morgan fingerprint density at radius 3 is 2.22 bits per heavy atom. The maximum atomic E-state index is 14.2. The molecule has 0 spiro atoms. The van der Waals surface area contributed by atoms with Gasteiger partial charge in [0, 0.05) is 37.9 Å². The number of methoxy groups -OCH3 is 2. The molecule has 0 bridgehead atoms. The van der Waals surface area contributed by atoms with Gasteiger partial charge < -0.3 is 55.4 Å². The molecule has 1 aromatic heterocycles. The molecule has 3 fully saturated rings. The number of nitrogens with two attached hydrogens (primary N) is 1. The van der Waals surface area contributed by atoms with Gasteiger partial charge in [-0.15, -0.1) is 0 Å². The van der Waals surface area contributed by atoms with E-state index in [2.05, 4.69) is 31.2 Å². The number of aliphatic hydroxyl groups is 1. The number of ether oxygens (including phenoxy) is 5. The van der Waals surface area contributed by atoms with Gasteiger partial charge in [0.2, 0.25) is 23.5 Å². The van der Waals surface area contributed by atoms with Gasteiger partial charge in [0.05, 0.1) is 52.0 Å². The number of Topliss-reactive ketones (excluding diaryl/α,β-unsaturated/α-hetero) is 2. The summed E-state index contributed by atoms with van der Waals surface area (Å²) in [7, 11) is 3.10. The van der Waals surface area contributed by atoms with E-state index in [9.17, 15) is 48.3 Å². The van der Waals surface area contributed by atoms with Gasteiger partial charge in [-0.1, -0.05) is 115 Å². The van der Waals surface area contributed by atoms with Crippen LogP contribution in [0.4, 0.5) is 10.6 Å². The van der Waals surface area contributed by atoms with Crippen LogP contribution in [-0.2, 0) is 55.9 Å². The van der Waals surface area contributed by atoms with Gasteiger partial charge in [-0.05, 0) is 135 Å². The van der Waals surface area contributed by atoms with Crippen LogP contribution < -0.4 is 41.2 Å². The van der Waals surface area contributed by atoms with E-state index in [4.69, 9.17) is 29.4 Å². The van der Waals surface area contributed by atoms with Crippen molar-refractivity contribution in [2.45, 2.75) is 181 Å². The van der Waals surface area contributed by atoms with E-state index in [-0.39, 0.29) is 86.8 Å². The lowest BCUT2D eigenvalue weighted by molar-refractivity contribution is -0.164. The molecule has 23 heteroatoms. The van der Waals surface area contributed by atoms with E-state index in [0.717, 1.165) is 43.2 Å². The van der Waals surface area contributed by atoms with Crippen LogP contribution >= 0.6 is 0 Å². The molecule has 4 aromatic rings. The Labute approximate surface area is 558 Å². The SMILES string of the molecule is CCC(C)(C)C(=O)C(=O)N1CCCC[C@H]1C(=O)O[C@H](CCc1ccc(OC)c(OC)c1)c1cccc(OCCNC(=O)CCCOC(=O)Nc2cccc(C(=O)N[C@H](CC(N)=O)C(=O)N[C@H](Cc3ccccc3)[C@H](O)CN3C[C@H]4CCCC[C@H]4C[C@H]3C(=O)CC(C)(C)C)n2)c1. The Morgan fingerprint density at radius 2 is 1.51 bits per heavy atom. The Hall–Kier alpha value is -8.44. The number of piperidine rings is 2. The molecule has 0 unspecified atom stereocenters. The van der Waals surface area contributed by atoms with Gasteiger partial charge >= 0.3 is 12.1 Å². The average molecular weight is 1320 g/mol.